The molecule has 3 heterocycles. The lowest BCUT2D eigenvalue weighted by atomic mass is 10.1. The van der Waals surface area contributed by atoms with E-state index in [9.17, 15) is 30.7 Å². The van der Waals surface area contributed by atoms with E-state index in [0.717, 1.165) is 16.8 Å². The predicted molar refractivity (Wildman–Crippen MR) is 111 cm³/mol. The van der Waals surface area contributed by atoms with Crippen molar-refractivity contribution in [1.29, 1.82) is 0 Å². The maximum atomic E-state index is 13.8. The Kier molecular flexibility index (Phi) is 6.38. The molecule has 6 nitrogen and oxygen atoms in total. The van der Waals surface area contributed by atoms with Gasteiger partial charge in [-0.25, -0.2) is 37.2 Å². The average Bonchev–Trinajstić information content (AvgIpc) is 3.37. The highest BCUT2D eigenvalue weighted by molar-refractivity contribution is 7.09. The number of hydrogen-bond acceptors (Lipinski definition) is 6. The SMILES string of the molecule is Cc1cc(C(F)F)cc(Cl)c1-n1nc2nc(C(F)F)nc(C(F)(F)F)c2c1NCc1nccs1. The lowest BCUT2D eigenvalue weighted by molar-refractivity contribution is -0.140. The third-order valence-corrected chi connectivity index (χ3v) is 5.71. The van der Waals surface area contributed by atoms with Crippen molar-refractivity contribution in [3.8, 4) is 5.69 Å². The molecule has 1 aromatic carbocycles. The first-order valence-electron chi connectivity index (χ1n) is 9.34. The minimum atomic E-state index is -5.13. The molecule has 15 heteroatoms. The van der Waals surface area contributed by atoms with Gasteiger partial charge in [0.05, 0.1) is 22.6 Å². The molecule has 0 aliphatic carbocycles. The van der Waals surface area contributed by atoms with Crippen molar-refractivity contribution < 1.29 is 30.7 Å². The highest BCUT2D eigenvalue weighted by Crippen LogP contribution is 2.40. The average molecular weight is 525 g/mol. The topological polar surface area (TPSA) is 68.5 Å². The zero-order valence-electron chi connectivity index (χ0n) is 16.8. The number of fused-ring (bicyclic) bond motifs is 1. The molecule has 0 saturated heterocycles. The van der Waals surface area contributed by atoms with E-state index in [1.165, 1.54) is 24.5 Å². The zero-order valence-corrected chi connectivity index (χ0v) is 18.4. The van der Waals surface area contributed by atoms with Crippen molar-refractivity contribution in [2.24, 2.45) is 0 Å². The van der Waals surface area contributed by atoms with Gasteiger partial charge in [-0.2, -0.15) is 13.2 Å². The molecule has 4 aromatic rings. The molecular formula is C19H12ClF7N6S. The van der Waals surface area contributed by atoms with Gasteiger partial charge in [0.1, 0.15) is 10.8 Å². The molecule has 3 aromatic heterocycles. The minimum Gasteiger partial charge on any atom is -0.363 e. The third kappa shape index (κ3) is 4.51. The first-order valence-corrected chi connectivity index (χ1v) is 10.6. The third-order valence-electron chi connectivity index (χ3n) is 4.64. The van der Waals surface area contributed by atoms with Crippen LogP contribution in [0.15, 0.2) is 23.7 Å². The van der Waals surface area contributed by atoms with Crippen LogP contribution in [0.1, 0.15) is 40.5 Å². The van der Waals surface area contributed by atoms with Crippen molar-refractivity contribution in [1.82, 2.24) is 24.7 Å². The molecule has 0 fully saturated rings. The lowest BCUT2D eigenvalue weighted by Gasteiger charge is -2.15. The first kappa shape index (κ1) is 24.1. The molecule has 0 aliphatic rings. The number of aryl methyl sites for hydroxylation is 1. The molecular weight excluding hydrogens is 513 g/mol. The molecule has 0 amide bonds. The highest BCUT2D eigenvalue weighted by Gasteiger charge is 2.39. The monoisotopic (exact) mass is 524 g/mol. The summed E-state index contributed by atoms with van der Waals surface area (Å²) in [6, 6.07) is 2.05. The Morgan fingerprint density at radius 2 is 1.85 bits per heavy atom. The molecule has 0 aliphatic heterocycles. The van der Waals surface area contributed by atoms with Crippen LogP contribution in [0.5, 0.6) is 0 Å². The number of alkyl halides is 7. The second kappa shape index (κ2) is 8.98. The molecule has 0 radical (unpaired) electrons. The Morgan fingerprint density at radius 1 is 1.12 bits per heavy atom. The molecule has 0 bridgehead atoms. The van der Waals surface area contributed by atoms with E-state index in [2.05, 4.69) is 25.4 Å². The summed E-state index contributed by atoms with van der Waals surface area (Å²) in [6.45, 7) is 1.35. The van der Waals surface area contributed by atoms with Gasteiger partial charge >= 0.3 is 6.18 Å². The highest BCUT2D eigenvalue weighted by atomic mass is 35.5. The van der Waals surface area contributed by atoms with E-state index in [-0.39, 0.29) is 28.6 Å². The van der Waals surface area contributed by atoms with Crippen LogP contribution in [0.3, 0.4) is 0 Å². The summed E-state index contributed by atoms with van der Waals surface area (Å²) < 4.78 is 95.3. The van der Waals surface area contributed by atoms with Gasteiger partial charge in [-0.05, 0) is 24.6 Å². The summed E-state index contributed by atoms with van der Waals surface area (Å²) in [5, 5.41) is 7.97. The Hall–Kier alpha value is -3.00. The van der Waals surface area contributed by atoms with E-state index in [4.69, 9.17) is 11.6 Å². The van der Waals surface area contributed by atoms with Gasteiger partial charge in [-0.1, -0.05) is 11.6 Å². The van der Waals surface area contributed by atoms with Gasteiger partial charge in [0.25, 0.3) is 12.9 Å². The maximum absolute atomic E-state index is 13.8. The van der Waals surface area contributed by atoms with E-state index >= 15 is 0 Å². The number of rotatable bonds is 6. The quantitative estimate of drug-likeness (QED) is 0.283. The van der Waals surface area contributed by atoms with Gasteiger partial charge in [0.15, 0.2) is 17.2 Å². The minimum absolute atomic E-state index is 0.0302. The molecule has 4 rings (SSSR count). The van der Waals surface area contributed by atoms with Crippen molar-refractivity contribution >= 4 is 39.8 Å². The number of benzene rings is 1. The molecule has 1 N–H and O–H groups in total. The smallest absolute Gasteiger partial charge is 0.363 e. The van der Waals surface area contributed by atoms with E-state index in [0.29, 0.717) is 5.01 Å². The van der Waals surface area contributed by atoms with E-state index in [1.807, 2.05) is 0 Å². The summed E-state index contributed by atoms with van der Waals surface area (Å²) >= 11 is 7.43. The van der Waals surface area contributed by atoms with Crippen molar-refractivity contribution in [2.45, 2.75) is 32.5 Å². The number of aromatic nitrogens is 5. The van der Waals surface area contributed by atoms with Gasteiger partial charge in [0.2, 0.25) is 0 Å². The molecule has 0 unspecified atom stereocenters. The second-order valence-electron chi connectivity index (χ2n) is 6.94. The fraction of sp³-hybridized carbons (Fsp3) is 0.263. The van der Waals surface area contributed by atoms with Crippen molar-refractivity contribution in [2.75, 3.05) is 5.32 Å². The van der Waals surface area contributed by atoms with Crippen LogP contribution in [0.2, 0.25) is 5.02 Å². The number of nitrogens with one attached hydrogen (secondary N) is 1. The van der Waals surface area contributed by atoms with E-state index in [1.54, 1.807) is 5.38 Å². The fourth-order valence-electron chi connectivity index (χ4n) is 3.29. The molecule has 34 heavy (non-hydrogen) atoms. The van der Waals surface area contributed by atoms with Gasteiger partial charge < -0.3 is 5.32 Å². The summed E-state index contributed by atoms with van der Waals surface area (Å²) in [5.41, 5.74) is -2.58. The number of nitrogens with zero attached hydrogens (tertiary/aromatic N) is 5. The normalized spacial score (nSPS) is 12.3. The standard InChI is InChI=1S/C19H12ClF7N6S/c1-7-4-8(14(21)22)5-9(20)12(7)33-18(29-6-10-28-2-3-34-10)11-13(19(25,26)27)30-17(15(23)24)31-16(11)32-33/h2-5,14-15,29H,6H2,1H3. The van der Waals surface area contributed by atoms with Crippen LogP contribution in [0, 0.1) is 6.92 Å². The largest absolute Gasteiger partial charge is 0.434 e. The number of thiazole rings is 1. The molecule has 0 atom stereocenters. The van der Waals surface area contributed by atoms with Crippen LogP contribution in [-0.4, -0.2) is 24.7 Å². The summed E-state index contributed by atoms with van der Waals surface area (Å²) in [7, 11) is 0. The lowest BCUT2D eigenvalue weighted by Crippen LogP contribution is -2.13. The van der Waals surface area contributed by atoms with Crippen LogP contribution < -0.4 is 5.32 Å². The Morgan fingerprint density at radius 3 is 2.41 bits per heavy atom. The van der Waals surface area contributed by atoms with Crippen LogP contribution in [0.4, 0.5) is 36.6 Å². The predicted octanol–water partition coefficient (Wildman–Crippen LogP) is 6.74. The second-order valence-corrected chi connectivity index (χ2v) is 8.32. The Balaban J connectivity index is 2.02. The van der Waals surface area contributed by atoms with Crippen molar-refractivity contribution in [3.05, 3.63) is 56.4 Å². The Labute approximate surface area is 195 Å². The van der Waals surface area contributed by atoms with Gasteiger partial charge in [-0.15, -0.1) is 16.4 Å². The zero-order chi connectivity index (χ0) is 24.8. The number of halogens is 8. The Bertz CT molecular complexity index is 1310. The van der Waals surface area contributed by atoms with Crippen LogP contribution >= 0.6 is 22.9 Å². The molecule has 180 valence electrons. The number of hydrogen-bond donors (Lipinski definition) is 1. The molecule has 0 spiro atoms. The fourth-order valence-corrected chi connectivity index (χ4v) is 4.20. The van der Waals surface area contributed by atoms with Gasteiger partial charge in [0, 0.05) is 17.1 Å². The molecule has 0 saturated carbocycles. The number of anilines is 1. The maximum Gasteiger partial charge on any atom is 0.434 e. The summed E-state index contributed by atoms with van der Waals surface area (Å²) in [6.07, 6.45) is -9.88. The van der Waals surface area contributed by atoms with Crippen molar-refractivity contribution in [3.63, 3.8) is 0 Å². The van der Waals surface area contributed by atoms with Crippen LogP contribution in [0.25, 0.3) is 16.7 Å². The summed E-state index contributed by atoms with van der Waals surface area (Å²) in [4.78, 5) is 10.6. The summed E-state index contributed by atoms with van der Waals surface area (Å²) in [5.74, 6) is -1.67. The van der Waals surface area contributed by atoms with E-state index < -0.39 is 47.1 Å². The first-order chi connectivity index (χ1) is 16.0. The van der Waals surface area contributed by atoms with Crippen LogP contribution in [-0.2, 0) is 12.7 Å². The van der Waals surface area contributed by atoms with Gasteiger partial charge in [-0.3, -0.25) is 0 Å².